The van der Waals surface area contributed by atoms with Crippen molar-refractivity contribution in [3.63, 3.8) is 0 Å². The van der Waals surface area contributed by atoms with Gasteiger partial charge in [0.05, 0.1) is 6.54 Å². The summed E-state index contributed by atoms with van der Waals surface area (Å²) in [4.78, 5) is 26.6. The highest BCUT2D eigenvalue weighted by Gasteiger charge is 2.21. The Balaban J connectivity index is 2.65. The van der Waals surface area contributed by atoms with Crippen LogP contribution in [0.3, 0.4) is 0 Å². The van der Waals surface area contributed by atoms with Crippen molar-refractivity contribution in [3.8, 4) is 0 Å². The van der Waals surface area contributed by atoms with E-state index in [4.69, 9.17) is 0 Å². The molecule has 0 aliphatic carbocycles. The molecule has 7 heteroatoms. The smallest absolute Gasteiger partial charge is 0.291 e. The van der Waals surface area contributed by atoms with Gasteiger partial charge in [-0.3, -0.25) is 14.7 Å². The zero-order valence-corrected chi connectivity index (χ0v) is 10.4. The van der Waals surface area contributed by atoms with Gasteiger partial charge in [0.25, 0.3) is 5.91 Å². The van der Waals surface area contributed by atoms with Crippen molar-refractivity contribution in [3.05, 3.63) is 11.6 Å². The van der Waals surface area contributed by atoms with E-state index in [9.17, 15) is 9.59 Å². The first-order chi connectivity index (χ1) is 7.84. The Hall–Kier alpha value is -1.92. The van der Waals surface area contributed by atoms with E-state index in [-0.39, 0.29) is 23.7 Å². The zero-order chi connectivity index (χ0) is 13.1. The second-order valence-electron chi connectivity index (χ2n) is 4.61. The van der Waals surface area contributed by atoms with Gasteiger partial charge >= 0.3 is 0 Å². The molecular formula is C10H17N5O2. The molecule has 94 valence electrons. The molecule has 0 bridgehead atoms. The van der Waals surface area contributed by atoms with Crippen LogP contribution in [-0.2, 0) is 10.2 Å². The van der Waals surface area contributed by atoms with Crippen LogP contribution >= 0.6 is 0 Å². The van der Waals surface area contributed by atoms with Gasteiger partial charge in [0.1, 0.15) is 5.82 Å². The maximum absolute atomic E-state index is 11.6. The first kappa shape index (κ1) is 13.1. The summed E-state index contributed by atoms with van der Waals surface area (Å²) in [5.74, 6) is -0.0771. The molecule has 17 heavy (non-hydrogen) atoms. The predicted octanol–water partition coefficient (Wildman–Crippen LogP) is -0.422. The van der Waals surface area contributed by atoms with E-state index in [0.717, 1.165) is 0 Å². The fourth-order valence-electron chi connectivity index (χ4n) is 1.03. The van der Waals surface area contributed by atoms with Gasteiger partial charge in [-0.15, -0.1) is 5.10 Å². The van der Waals surface area contributed by atoms with Crippen LogP contribution in [0.1, 0.15) is 37.2 Å². The lowest BCUT2D eigenvalue weighted by Gasteiger charge is -2.12. The fourth-order valence-corrected chi connectivity index (χ4v) is 1.03. The number of rotatable bonds is 3. The monoisotopic (exact) mass is 239 g/mol. The maximum Gasteiger partial charge on any atom is 0.291 e. The summed E-state index contributed by atoms with van der Waals surface area (Å²) in [5.41, 5.74) is -0.202. The molecule has 1 rings (SSSR count). The standard InChI is InChI=1S/C10H17N5O2/c1-10(2,3)9-13-7(14-15-9)8(17)12-5-6(16)11-4/h5H2,1-4H3,(H,11,16)(H,12,17)(H,13,14,15). The third-order valence-electron chi connectivity index (χ3n) is 2.09. The lowest BCUT2D eigenvalue weighted by Crippen LogP contribution is -2.35. The van der Waals surface area contributed by atoms with Gasteiger partial charge in [-0.2, -0.15) is 0 Å². The van der Waals surface area contributed by atoms with Gasteiger partial charge in [-0.25, -0.2) is 4.98 Å². The minimum Gasteiger partial charge on any atom is -0.358 e. The summed E-state index contributed by atoms with van der Waals surface area (Å²) in [6.45, 7) is 5.79. The van der Waals surface area contributed by atoms with E-state index in [1.54, 1.807) is 0 Å². The Bertz CT molecular complexity index is 419. The van der Waals surface area contributed by atoms with Crippen molar-refractivity contribution in [2.75, 3.05) is 13.6 Å². The van der Waals surface area contributed by atoms with Crippen LogP contribution in [0.5, 0.6) is 0 Å². The highest BCUT2D eigenvalue weighted by molar-refractivity contribution is 5.93. The third-order valence-corrected chi connectivity index (χ3v) is 2.09. The second kappa shape index (κ2) is 4.94. The lowest BCUT2D eigenvalue weighted by atomic mass is 9.96. The zero-order valence-electron chi connectivity index (χ0n) is 10.4. The molecule has 0 spiro atoms. The van der Waals surface area contributed by atoms with Crippen molar-refractivity contribution in [2.24, 2.45) is 0 Å². The van der Waals surface area contributed by atoms with E-state index in [1.165, 1.54) is 7.05 Å². The molecule has 0 aromatic carbocycles. The van der Waals surface area contributed by atoms with Crippen molar-refractivity contribution in [1.82, 2.24) is 25.8 Å². The van der Waals surface area contributed by atoms with E-state index in [0.29, 0.717) is 5.82 Å². The summed E-state index contributed by atoms with van der Waals surface area (Å²) in [6, 6.07) is 0. The van der Waals surface area contributed by atoms with Crippen molar-refractivity contribution < 1.29 is 9.59 Å². The lowest BCUT2D eigenvalue weighted by molar-refractivity contribution is -0.119. The van der Waals surface area contributed by atoms with Crippen LogP contribution in [-0.4, -0.2) is 40.6 Å². The normalized spacial score (nSPS) is 11.1. The van der Waals surface area contributed by atoms with Crippen LogP contribution in [0.2, 0.25) is 0 Å². The fraction of sp³-hybridized carbons (Fsp3) is 0.600. The number of carbonyl (C=O) groups excluding carboxylic acids is 2. The van der Waals surface area contributed by atoms with E-state index >= 15 is 0 Å². The number of nitrogens with one attached hydrogen (secondary N) is 3. The van der Waals surface area contributed by atoms with Crippen LogP contribution in [0.4, 0.5) is 0 Å². The molecule has 1 aromatic rings. The molecule has 1 heterocycles. The number of H-pyrrole nitrogens is 1. The van der Waals surface area contributed by atoms with Crippen molar-refractivity contribution in [2.45, 2.75) is 26.2 Å². The number of aromatic nitrogens is 3. The largest absolute Gasteiger partial charge is 0.358 e. The van der Waals surface area contributed by atoms with Crippen LogP contribution in [0.25, 0.3) is 0 Å². The molecule has 0 aliphatic rings. The Morgan fingerprint density at radius 3 is 2.47 bits per heavy atom. The van der Waals surface area contributed by atoms with Gasteiger partial charge < -0.3 is 10.6 Å². The Morgan fingerprint density at radius 2 is 2.00 bits per heavy atom. The van der Waals surface area contributed by atoms with E-state index < -0.39 is 5.91 Å². The number of carbonyl (C=O) groups is 2. The second-order valence-corrected chi connectivity index (χ2v) is 4.61. The quantitative estimate of drug-likeness (QED) is 0.667. The summed E-state index contributed by atoms with van der Waals surface area (Å²) >= 11 is 0. The molecule has 0 unspecified atom stereocenters. The molecule has 7 nitrogen and oxygen atoms in total. The van der Waals surface area contributed by atoms with Gasteiger partial charge in [-0.1, -0.05) is 20.8 Å². The first-order valence-electron chi connectivity index (χ1n) is 5.26. The Morgan fingerprint density at radius 1 is 1.35 bits per heavy atom. The predicted molar refractivity (Wildman–Crippen MR) is 61.5 cm³/mol. The molecule has 0 fully saturated rings. The number of hydrogen-bond acceptors (Lipinski definition) is 4. The molecule has 3 N–H and O–H groups in total. The van der Waals surface area contributed by atoms with Gasteiger partial charge in [0.2, 0.25) is 11.7 Å². The molecule has 2 amide bonds. The van der Waals surface area contributed by atoms with Gasteiger partial charge in [0, 0.05) is 12.5 Å². The molecule has 0 saturated heterocycles. The van der Waals surface area contributed by atoms with Gasteiger partial charge in [-0.05, 0) is 0 Å². The van der Waals surface area contributed by atoms with Crippen molar-refractivity contribution >= 4 is 11.8 Å². The van der Waals surface area contributed by atoms with Crippen LogP contribution in [0.15, 0.2) is 0 Å². The molecule has 1 aromatic heterocycles. The highest BCUT2D eigenvalue weighted by Crippen LogP contribution is 2.17. The molecular weight excluding hydrogens is 222 g/mol. The van der Waals surface area contributed by atoms with Crippen molar-refractivity contribution in [1.29, 1.82) is 0 Å². The number of nitrogens with zero attached hydrogens (tertiary/aromatic N) is 2. The minimum atomic E-state index is -0.472. The third kappa shape index (κ3) is 3.54. The van der Waals surface area contributed by atoms with E-state index in [2.05, 4.69) is 25.8 Å². The summed E-state index contributed by atoms with van der Waals surface area (Å²) in [5, 5.41) is 11.3. The topological polar surface area (TPSA) is 99.8 Å². The van der Waals surface area contributed by atoms with Gasteiger partial charge in [0.15, 0.2) is 0 Å². The number of likely N-dealkylation sites (N-methyl/N-ethyl adjacent to an activating group) is 1. The molecule has 0 radical (unpaired) electrons. The SMILES string of the molecule is CNC(=O)CNC(=O)c1n[nH]c(C(C)(C)C)n1. The highest BCUT2D eigenvalue weighted by atomic mass is 16.2. The molecule has 0 atom stereocenters. The number of amides is 2. The maximum atomic E-state index is 11.6. The Labute approximate surface area is 99.4 Å². The summed E-state index contributed by atoms with van der Waals surface area (Å²) < 4.78 is 0. The first-order valence-corrected chi connectivity index (χ1v) is 5.26. The van der Waals surface area contributed by atoms with Crippen LogP contribution < -0.4 is 10.6 Å². The van der Waals surface area contributed by atoms with E-state index in [1.807, 2.05) is 20.8 Å². The summed E-state index contributed by atoms with van der Waals surface area (Å²) in [7, 11) is 1.50. The summed E-state index contributed by atoms with van der Waals surface area (Å²) in [6.07, 6.45) is 0. The average Bonchev–Trinajstić information content (AvgIpc) is 2.74. The molecule has 0 aliphatic heterocycles. The molecule has 0 saturated carbocycles. The minimum absolute atomic E-state index is 0.0406. The number of hydrogen-bond donors (Lipinski definition) is 3. The Kier molecular flexibility index (Phi) is 3.82. The number of aromatic amines is 1. The average molecular weight is 239 g/mol. The van der Waals surface area contributed by atoms with Crippen LogP contribution in [0, 0.1) is 0 Å².